The summed E-state index contributed by atoms with van der Waals surface area (Å²) in [7, 11) is 3.28. The lowest BCUT2D eigenvalue weighted by Gasteiger charge is -2.05. The summed E-state index contributed by atoms with van der Waals surface area (Å²) in [5, 5.41) is 0. The highest BCUT2D eigenvalue weighted by Crippen LogP contribution is 2.10. The Labute approximate surface area is 72.1 Å². The largest absolute Gasteiger partial charge is 0.482 e. The molecule has 0 spiro atoms. The maximum Gasteiger partial charge on any atom is 0.482 e. The van der Waals surface area contributed by atoms with Crippen molar-refractivity contribution in [2.24, 2.45) is 0 Å². The number of esters is 1. The highest BCUT2D eigenvalue weighted by Gasteiger charge is 2.41. The summed E-state index contributed by atoms with van der Waals surface area (Å²) < 4.78 is 20.7. The number of methoxy groups -OCH3 is 2. The minimum atomic E-state index is -0.0325. The minimum absolute atomic E-state index is 0.0325. The monoisotopic (exact) mass is 175 g/mol. The van der Waals surface area contributed by atoms with Crippen molar-refractivity contribution in [1.29, 1.82) is 0 Å². The second-order valence-electron chi connectivity index (χ2n) is 2.71. The number of rotatable bonds is 4. The van der Waals surface area contributed by atoms with E-state index in [1.807, 2.05) is 0 Å². The van der Waals surface area contributed by atoms with Crippen LogP contribution >= 0.6 is 0 Å². The highest BCUT2D eigenvalue weighted by molar-refractivity contribution is 5.67. The van der Waals surface area contributed by atoms with E-state index in [4.69, 9.17) is 18.6 Å². The van der Waals surface area contributed by atoms with Crippen molar-refractivity contribution in [2.45, 2.75) is 19.1 Å². The Morgan fingerprint density at radius 1 is 1.33 bits per heavy atom. The van der Waals surface area contributed by atoms with Crippen molar-refractivity contribution < 1.29 is 18.6 Å². The average molecular weight is 175 g/mol. The molecule has 0 aliphatic carbocycles. The van der Waals surface area contributed by atoms with Gasteiger partial charge in [-0.1, -0.05) is 0 Å². The van der Waals surface area contributed by atoms with Crippen LogP contribution in [0.2, 0.25) is 0 Å². The number of carbonyl (C=O) groups excluding carboxylic acids is 1. The Kier molecular flexibility index (Phi) is 3.49. The first-order valence-corrected chi connectivity index (χ1v) is 3.92. The lowest BCUT2D eigenvalue weighted by molar-refractivity contribution is -0.500. The van der Waals surface area contributed by atoms with E-state index in [1.54, 1.807) is 21.1 Å². The van der Waals surface area contributed by atoms with Crippen LogP contribution in [-0.4, -0.2) is 45.6 Å². The fourth-order valence-electron chi connectivity index (χ4n) is 1.22. The Morgan fingerprint density at radius 2 is 2.00 bits per heavy atom. The van der Waals surface area contributed by atoms with Crippen molar-refractivity contribution in [3.05, 3.63) is 0 Å². The molecular weight excluding hydrogens is 160 g/mol. The van der Waals surface area contributed by atoms with E-state index in [0.29, 0.717) is 19.2 Å². The maximum absolute atomic E-state index is 5.36. The van der Waals surface area contributed by atoms with Gasteiger partial charge >= 0.3 is 5.97 Å². The topological polar surface area (TPSA) is 39.0 Å². The molecule has 0 amide bonds. The molecule has 0 radical (unpaired) electrons. The summed E-state index contributed by atoms with van der Waals surface area (Å²) in [5.41, 5.74) is 0. The van der Waals surface area contributed by atoms with Gasteiger partial charge in [0.05, 0.1) is 6.92 Å². The van der Waals surface area contributed by atoms with Crippen LogP contribution in [0.1, 0.15) is 6.92 Å². The molecule has 12 heavy (non-hydrogen) atoms. The molecule has 2 atom stereocenters. The minimum Gasteiger partial charge on any atom is -0.378 e. The van der Waals surface area contributed by atoms with Gasteiger partial charge in [0.15, 0.2) is 0 Å². The van der Waals surface area contributed by atoms with Crippen molar-refractivity contribution >= 4 is 5.97 Å². The predicted molar refractivity (Wildman–Crippen MR) is 43.1 cm³/mol. The van der Waals surface area contributed by atoms with Gasteiger partial charge < -0.3 is 18.6 Å². The maximum atomic E-state index is 5.36. The number of hydrogen-bond donors (Lipinski definition) is 0. The molecule has 0 aromatic heterocycles. The summed E-state index contributed by atoms with van der Waals surface area (Å²) in [5.74, 6) is 0.596. The standard InChI is InChI=1S/C8H15O4/c1-6-11-7(4-9-2)8(12-6)5-10-3/h7-8H,4-5H2,1-3H3/q+1/t7-,8-/m1/s1. The Hall–Kier alpha value is -0.610. The van der Waals surface area contributed by atoms with Gasteiger partial charge in [-0.15, -0.1) is 0 Å². The van der Waals surface area contributed by atoms with Crippen LogP contribution in [0.15, 0.2) is 0 Å². The Morgan fingerprint density at radius 3 is 2.58 bits per heavy atom. The number of hydrogen-bond acceptors (Lipinski definition) is 3. The zero-order valence-corrected chi connectivity index (χ0v) is 7.70. The molecule has 0 unspecified atom stereocenters. The summed E-state index contributed by atoms with van der Waals surface area (Å²) in [6.07, 6.45) is -0.0649. The van der Waals surface area contributed by atoms with Gasteiger partial charge in [-0.2, -0.15) is 0 Å². The molecule has 0 N–H and O–H groups in total. The van der Waals surface area contributed by atoms with E-state index < -0.39 is 0 Å². The van der Waals surface area contributed by atoms with E-state index in [-0.39, 0.29) is 12.2 Å². The van der Waals surface area contributed by atoms with Crippen molar-refractivity contribution in [3.8, 4) is 0 Å². The summed E-state index contributed by atoms with van der Waals surface area (Å²) in [6, 6.07) is 0. The molecule has 0 fully saturated rings. The fraction of sp³-hybridized carbons (Fsp3) is 0.875. The molecule has 4 heteroatoms. The third-order valence-corrected chi connectivity index (χ3v) is 1.71. The van der Waals surface area contributed by atoms with E-state index in [1.165, 1.54) is 0 Å². The molecule has 1 aliphatic rings. The molecule has 0 saturated heterocycles. The van der Waals surface area contributed by atoms with Crippen LogP contribution in [-0.2, 0) is 18.6 Å². The quantitative estimate of drug-likeness (QED) is 0.450. The van der Waals surface area contributed by atoms with Gasteiger partial charge in [-0.3, -0.25) is 0 Å². The molecule has 4 nitrogen and oxygen atoms in total. The van der Waals surface area contributed by atoms with Crippen LogP contribution in [0.25, 0.3) is 0 Å². The lowest BCUT2D eigenvalue weighted by atomic mass is 10.2. The van der Waals surface area contributed by atoms with E-state index in [2.05, 4.69) is 0 Å². The second-order valence-corrected chi connectivity index (χ2v) is 2.71. The van der Waals surface area contributed by atoms with Gasteiger partial charge in [0, 0.05) is 14.2 Å². The molecule has 1 rings (SSSR count). The summed E-state index contributed by atoms with van der Waals surface area (Å²) in [4.78, 5) is 0. The molecule has 0 bridgehead atoms. The number of cyclic esters (lactones) is 1. The van der Waals surface area contributed by atoms with Gasteiger partial charge in [-0.05, 0) is 0 Å². The molecule has 0 aromatic rings. The normalized spacial score (nSPS) is 28.4. The predicted octanol–water partition coefficient (Wildman–Crippen LogP) is 0.129. The van der Waals surface area contributed by atoms with Crippen molar-refractivity contribution in [3.63, 3.8) is 0 Å². The van der Waals surface area contributed by atoms with Crippen LogP contribution in [0, 0.1) is 0 Å². The lowest BCUT2D eigenvalue weighted by Crippen LogP contribution is -2.31. The first-order valence-electron chi connectivity index (χ1n) is 3.92. The number of ether oxygens (including phenoxy) is 3. The summed E-state index contributed by atoms with van der Waals surface area (Å²) in [6.45, 7) is 2.86. The van der Waals surface area contributed by atoms with Gasteiger partial charge in [-0.25, -0.2) is 0 Å². The van der Waals surface area contributed by atoms with Crippen LogP contribution in [0.5, 0.6) is 0 Å². The molecule has 1 heterocycles. The third-order valence-electron chi connectivity index (χ3n) is 1.71. The van der Waals surface area contributed by atoms with E-state index in [9.17, 15) is 0 Å². The van der Waals surface area contributed by atoms with Crippen molar-refractivity contribution in [1.82, 2.24) is 0 Å². The first kappa shape index (κ1) is 9.48. The van der Waals surface area contributed by atoms with E-state index >= 15 is 0 Å². The smallest absolute Gasteiger partial charge is 0.378 e. The van der Waals surface area contributed by atoms with E-state index in [0.717, 1.165) is 0 Å². The molecule has 0 saturated carbocycles. The Bertz CT molecular complexity index is 166. The van der Waals surface area contributed by atoms with Crippen molar-refractivity contribution in [2.75, 3.05) is 27.4 Å². The zero-order chi connectivity index (χ0) is 8.97. The van der Waals surface area contributed by atoms with Crippen LogP contribution in [0.3, 0.4) is 0 Å². The van der Waals surface area contributed by atoms with Crippen LogP contribution < -0.4 is 0 Å². The SMILES string of the molecule is COC[C@H]1OC(C)=[O+][C@@H]1COC. The van der Waals surface area contributed by atoms with Gasteiger partial charge in [0.1, 0.15) is 13.2 Å². The molecule has 1 aliphatic heterocycles. The average Bonchev–Trinajstić information content (AvgIpc) is 2.33. The Balaban J connectivity index is 2.43. The van der Waals surface area contributed by atoms with Gasteiger partial charge in [0.25, 0.3) is 12.2 Å². The molecule has 0 aromatic carbocycles. The first-order chi connectivity index (χ1) is 5.77. The highest BCUT2D eigenvalue weighted by atomic mass is 16.7. The third kappa shape index (κ3) is 2.19. The second kappa shape index (κ2) is 4.42. The van der Waals surface area contributed by atoms with Crippen LogP contribution in [0.4, 0.5) is 0 Å². The molecular formula is C8H15O4+. The summed E-state index contributed by atoms with van der Waals surface area (Å²) >= 11 is 0. The zero-order valence-electron chi connectivity index (χ0n) is 7.70. The fourth-order valence-corrected chi connectivity index (χ4v) is 1.22. The van der Waals surface area contributed by atoms with Gasteiger partial charge in [0.2, 0.25) is 0 Å². The molecule has 70 valence electrons.